The molecule has 1 aromatic heterocycles. The van der Waals surface area contributed by atoms with Gasteiger partial charge in [0.05, 0.1) is 11.5 Å². The Morgan fingerprint density at radius 1 is 1.36 bits per heavy atom. The molecule has 25 heavy (non-hydrogen) atoms. The molecule has 0 saturated carbocycles. The first-order valence-corrected chi connectivity index (χ1v) is 7.46. The molecule has 0 aliphatic carbocycles. The summed E-state index contributed by atoms with van der Waals surface area (Å²) >= 11 is 0. The number of hydrogen-bond donors (Lipinski definition) is 1. The molecule has 2 heterocycles. The van der Waals surface area contributed by atoms with Gasteiger partial charge in [-0.2, -0.15) is 13.2 Å². The van der Waals surface area contributed by atoms with Gasteiger partial charge in [0, 0.05) is 24.7 Å². The first kappa shape index (κ1) is 17.0. The Morgan fingerprint density at radius 2 is 2.12 bits per heavy atom. The van der Waals surface area contributed by atoms with Crippen molar-refractivity contribution in [3.8, 4) is 0 Å². The summed E-state index contributed by atoms with van der Waals surface area (Å²) in [4.78, 5) is 25.7. The average Bonchev–Trinajstić information content (AvgIpc) is 3.12. The van der Waals surface area contributed by atoms with Crippen LogP contribution >= 0.6 is 0 Å². The van der Waals surface area contributed by atoms with Crippen LogP contribution in [0.4, 0.5) is 24.7 Å². The third-order valence-electron chi connectivity index (χ3n) is 3.85. The molecule has 6 nitrogen and oxygen atoms in total. The quantitative estimate of drug-likeness (QED) is 0.920. The fourth-order valence-electron chi connectivity index (χ4n) is 2.60. The fourth-order valence-corrected chi connectivity index (χ4v) is 2.60. The Bertz CT molecular complexity index is 816. The van der Waals surface area contributed by atoms with Gasteiger partial charge in [0.25, 0.3) is 0 Å². The summed E-state index contributed by atoms with van der Waals surface area (Å²) in [6, 6.07) is 5.92. The van der Waals surface area contributed by atoms with Crippen LogP contribution in [0.25, 0.3) is 0 Å². The molecule has 1 unspecified atom stereocenters. The van der Waals surface area contributed by atoms with Gasteiger partial charge in [0.15, 0.2) is 5.82 Å². The van der Waals surface area contributed by atoms with E-state index >= 15 is 0 Å². The van der Waals surface area contributed by atoms with Crippen LogP contribution in [0.15, 0.2) is 34.9 Å². The lowest BCUT2D eigenvalue weighted by atomic mass is 10.1. The zero-order valence-electron chi connectivity index (χ0n) is 13.1. The van der Waals surface area contributed by atoms with Crippen molar-refractivity contribution in [3.05, 3.63) is 41.7 Å². The summed E-state index contributed by atoms with van der Waals surface area (Å²) in [6.45, 7) is 1.77. The molecular formula is C16H14F3N3O3. The predicted octanol–water partition coefficient (Wildman–Crippen LogP) is 2.99. The smallest absolute Gasteiger partial charge is 0.360 e. The molecule has 132 valence electrons. The maximum atomic E-state index is 12.7. The number of benzene rings is 1. The molecule has 1 aliphatic heterocycles. The normalized spacial score (nSPS) is 17.8. The second-order valence-corrected chi connectivity index (χ2v) is 5.77. The second kappa shape index (κ2) is 6.23. The number of carbonyl (C=O) groups excluding carboxylic acids is 2. The van der Waals surface area contributed by atoms with E-state index in [9.17, 15) is 22.8 Å². The minimum absolute atomic E-state index is 0.0306. The van der Waals surface area contributed by atoms with Crippen molar-refractivity contribution in [1.29, 1.82) is 0 Å². The molecule has 1 fully saturated rings. The highest BCUT2D eigenvalue weighted by molar-refractivity contribution is 6.03. The number of nitrogens with zero attached hydrogens (tertiary/aromatic N) is 2. The number of rotatable bonds is 3. The molecule has 1 N–H and O–H groups in total. The molecule has 0 radical (unpaired) electrons. The van der Waals surface area contributed by atoms with Crippen molar-refractivity contribution in [2.24, 2.45) is 5.92 Å². The SMILES string of the molecule is Cc1cc(N2CC(C(=O)Nc3cccc(C(F)(F)F)c3)CC2=O)no1. The van der Waals surface area contributed by atoms with E-state index in [4.69, 9.17) is 4.52 Å². The molecular weight excluding hydrogens is 339 g/mol. The maximum Gasteiger partial charge on any atom is 0.416 e. The number of amides is 2. The van der Waals surface area contributed by atoms with Gasteiger partial charge in [-0.05, 0) is 25.1 Å². The summed E-state index contributed by atoms with van der Waals surface area (Å²) in [6.07, 6.45) is -4.54. The van der Waals surface area contributed by atoms with Gasteiger partial charge in [-0.1, -0.05) is 11.2 Å². The minimum atomic E-state index is -4.49. The van der Waals surface area contributed by atoms with Gasteiger partial charge < -0.3 is 9.84 Å². The zero-order valence-corrected chi connectivity index (χ0v) is 13.1. The standard InChI is InChI=1S/C16H14F3N3O3/c1-9-5-13(21-25-9)22-8-10(6-14(22)23)15(24)20-12-4-2-3-11(7-12)16(17,18)19/h2-5,7,10H,6,8H2,1H3,(H,20,24). The van der Waals surface area contributed by atoms with Crippen LogP contribution in [0.2, 0.25) is 0 Å². The summed E-state index contributed by atoms with van der Waals surface area (Å²) in [7, 11) is 0. The summed E-state index contributed by atoms with van der Waals surface area (Å²) in [5, 5.41) is 6.17. The number of aromatic nitrogens is 1. The molecule has 1 aromatic carbocycles. The molecule has 2 amide bonds. The lowest BCUT2D eigenvalue weighted by molar-refractivity contribution is -0.137. The van der Waals surface area contributed by atoms with Crippen LogP contribution in [0.5, 0.6) is 0 Å². The third kappa shape index (κ3) is 3.65. The maximum absolute atomic E-state index is 12.7. The van der Waals surface area contributed by atoms with Crippen LogP contribution < -0.4 is 10.2 Å². The predicted molar refractivity (Wildman–Crippen MR) is 81.8 cm³/mol. The fraction of sp³-hybridized carbons (Fsp3) is 0.312. The average molecular weight is 353 g/mol. The van der Waals surface area contributed by atoms with E-state index in [-0.39, 0.29) is 24.6 Å². The van der Waals surface area contributed by atoms with Crippen molar-refractivity contribution in [1.82, 2.24) is 5.16 Å². The van der Waals surface area contributed by atoms with E-state index in [0.29, 0.717) is 11.6 Å². The van der Waals surface area contributed by atoms with E-state index in [0.717, 1.165) is 12.1 Å². The second-order valence-electron chi connectivity index (χ2n) is 5.77. The first-order valence-electron chi connectivity index (χ1n) is 7.46. The van der Waals surface area contributed by atoms with Crippen LogP contribution in [-0.4, -0.2) is 23.5 Å². The summed E-state index contributed by atoms with van der Waals surface area (Å²) < 4.78 is 43.1. The van der Waals surface area contributed by atoms with Gasteiger partial charge in [-0.15, -0.1) is 0 Å². The monoisotopic (exact) mass is 353 g/mol. The van der Waals surface area contributed by atoms with Crippen molar-refractivity contribution in [3.63, 3.8) is 0 Å². The Balaban J connectivity index is 1.69. The minimum Gasteiger partial charge on any atom is -0.360 e. The molecule has 1 atom stereocenters. The van der Waals surface area contributed by atoms with Crippen LogP contribution in [0.3, 0.4) is 0 Å². The van der Waals surface area contributed by atoms with Gasteiger partial charge in [0.1, 0.15) is 5.76 Å². The van der Waals surface area contributed by atoms with Crippen molar-refractivity contribution >= 4 is 23.3 Å². The molecule has 0 spiro atoms. The molecule has 9 heteroatoms. The van der Waals surface area contributed by atoms with E-state index < -0.39 is 23.6 Å². The number of carbonyl (C=O) groups is 2. The molecule has 3 rings (SSSR count). The van der Waals surface area contributed by atoms with Gasteiger partial charge in [-0.25, -0.2) is 0 Å². The van der Waals surface area contributed by atoms with Crippen LogP contribution in [-0.2, 0) is 15.8 Å². The number of anilines is 2. The van der Waals surface area contributed by atoms with Crippen molar-refractivity contribution in [2.45, 2.75) is 19.5 Å². The van der Waals surface area contributed by atoms with E-state index in [1.807, 2.05) is 0 Å². The highest BCUT2D eigenvalue weighted by Gasteiger charge is 2.37. The Labute approximate surface area is 140 Å². The Hall–Kier alpha value is -2.84. The van der Waals surface area contributed by atoms with Crippen LogP contribution in [0.1, 0.15) is 17.7 Å². The summed E-state index contributed by atoms with van der Waals surface area (Å²) in [5.74, 6) is -0.650. The number of alkyl halides is 3. The molecule has 2 aromatic rings. The van der Waals surface area contributed by atoms with Crippen molar-refractivity contribution < 1.29 is 27.3 Å². The third-order valence-corrected chi connectivity index (χ3v) is 3.85. The number of hydrogen-bond acceptors (Lipinski definition) is 4. The molecule has 1 aliphatic rings. The van der Waals surface area contributed by atoms with E-state index in [1.165, 1.54) is 17.0 Å². The lowest BCUT2D eigenvalue weighted by Gasteiger charge is -2.14. The van der Waals surface area contributed by atoms with Gasteiger partial charge >= 0.3 is 6.18 Å². The van der Waals surface area contributed by atoms with Gasteiger partial charge in [0.2, 0.25) is 11.8 Å². The van der Waals surface area contributed by atoms with E-state index in [1.54, 1.807) is 13.0 Å². The van der Waals surface area contributed by atoms with Crippen LogP contribution in [0, 0.1) is 12.8 Å². The topological polar surface area (TPSA) is 75.4 Å². The zero-order chi connectivity index (χ0) is 18.2. The van der Waals surface area contributed by atoms with Crippen molar-refractivity contribution in [2.75, 3.05) is 16.8 Å². The lowest BCUT2D eigenvalue weighted by Crippen LogP contribution is -2.28. The first-order chi connectivity index (χ1) is 11.7. The van der Waals surface area contributed by atoms with E-state index in [2.05, 4.69) is 10.5 Å². The largest absolute Gasteiger partial charge is 0.416 e. The highest BCUT2D eigenvalue weighted by atomic mass is 19.4. The van der Waals surface area contributed by atoms with Gasteiger partial charge in [-0.3, -0.25) is 14.5 Å². The Morgan fingerprint density at radius 3 is 2.76 bits per heavy atom. The number of nitrogens with one attached hydrogen (secondary N) is 1. The highest BCUT2D eigenvalue weighted by Crippen LogP contribution is 2.31. The molecule has 0 bridgehead atoms. The summed E-state index contributed by atoms with van der Waals surface area (Å²) in [5.41, 5.74) is -0.824. The Kier molecular flexibility index (Phi) is 4.23. The number of halogens is 3. The number of aryl methyl sites for hydroxylation is 1. The molecule has 1 saturated heterocycles.